The van der Waals surface area contributed by atoms with Gasteiger partial charge in [0.15, 0.2) is 0 Å². The highest BCUT2D eigenvalue weighted by Crippen LogP contribution is 2.38. The van der Waals surface area contributed by atoms with Crippen LogP contribution in [0, 0.1) is 0 Å². The second kappa shape index (κ2) is 5.80. The Morgan fingerprint density at radius 3 is 1.39 bits per heavy atom. The average Bonchev–Trinajstić information content (AvgIpc) is 2.88. The highest BCUT2D eigenvalue weighted by molar-refractivity contribution is 6.08. The summed E-state index contributed by atoms with van der Waals surface area (Å²) in [6, 6.07) is 8.69. The zero-order valence-corrected chi connectivity index (χ0v) is 14.8. The van der Waals surface area contributed by atoms with E-state index in [0.717, 1.165) is 22.5 Å². The van der Waals surface area contributed by atoms with E-state index in [-0.39, 0.29) is 0 Å². The first-order valence-corrected chi connectivity index (χ1v) is 8.17. The predicted molar refractivity (Wildman–Crippen MR) is 97.1 cm³/mol. The molecule has 1 heterocycles. The molecule has 1 N–H and O–H groups in total. The molecule has 0 radical (unpaired) electrons. The molecule has 0 unspecified atom stereocenters. The number of fused-ring (bicyclic) bond motifs is 3. The molecule has 0 spiro atoms. The van der Waals surface area contributed by atoms with Crippen molar-refractivity contribution in [2.45, 2.75) is 39.5 Å². The molecular formula is C20H25NO2. The molecule has 3 rings (SSSR count). The number of methoxy groups -OCH3 is 2. The Labute approximate surface area is 137 Å². The number of rotatable bonds is 4. The third-order valence-corrected chi connectivity index (χ3v) is 4.54. The standard InChI is InChI=1S/C20H25NO2/c1-11(2)13-7-17-15(9-19(13)22-5)16-10-20(23-6)14(12(3)4)8-18(16)21-17/h7-12,21H,1-6H3. The molecule has 23 heavy (non-hydrogen) atoms. The van der Waals surface area contributed by atoms with Crippen molar-refractivity contribution in [1.29, 1.82) is 0 Å². The van der Waals surface area contributed by atoms with Crippen molar-refractivity contribution in [2.75, 3.05) is 14.2 Å². The van der Waals surface area contributed by atoms with Gasteiger partial charge in [-0.3, -0.25) is 0 Å². The SMILES string of the molecule is COc1cc2c(cc1C(C)C)[nH]c1cc(C(C)C)c(OC)cc12. The highest BCUT2D eigenvalue weighted by Gasteiger charge is 2.16. The summed E-state index contributed by atoms with van der Waals surface area (Å²) in [6.45, 7) is 8.75. The summed E-state index contributed by atoms with van der Waals surface area (Å²) in [5.74, 6) is 2.73. The quantitative estimate of drug-likeness (QED) is 0.682. The lowest BCUT2D eigenvalue weighted by Crippen LogP contribution is -1.94. The smallest absolute Gasteiger partial charge is 0.123 e. The molecule has 1 aromatic heterocycles. The fourth-order valence-corrected chi connectivity index (χ4v) is 3.25. The number of benzene rings is 2. The Bertz CT molecular complexity index is 789. The molecule has 3 aromatic rings. The molecule has 0 aliphatic rings. The van der Waals surface area contributed by atoms with Crippen molar-refractivity contribution < 1.29 is 9.47 Å². The molecule has 122 valence electrons. The van der Waals surface area contributed by atoms with Gasteiger partial charge in [0, 0.05) is 21.8 Å². The van der Waals surface area contributed by atoms with Gasteiger partial charge >= 0.3 is 0 Å². The molecule has 0 bridgehead atoms. The maximum Gasteiger partial charge on any atom is 0.123 e. The van der Waals surface area contributed by atoms with Gasteiger partial charge in [-0.15, -0.1) is 0 Å². The van der Waals surface area contributed by atoms with E-state index in [1.165, 1.54) is 21.9 Å². The van der Waals surface area contributed by atoms with Crippen molar-refractivity contribution >= 4 is 21.8 Å². The molecule has 2 aromatic carbocycles. The lowest BCUT2D eigenvalue weighted by molar-refractivity contribution is 0.408. The molecule has 0 amide bonds. The Morgan fingerprint density at radius 1 is 0.696 bits per heavy atom. The molecular weight excluding hydrogens is 286 g/mol. The number of aromatic nitrogens is 1. The van der Waals surface area contributed by atoms with Crippen LogP contribution in [-0.2, 0) is 0 Å². The van der Waals surface area contributed by atoms with E-state index in [2.05, 4.69) is 56.9 Å². The van der Waals surface area contributed by atoms with Crippen LogP contribution in [0.2, 0.25) is 0 Å². The van der Waals surface area contributed by atoms with Crippen LogP contribution in [0.4, 0.5) is 0 Å². The first kappa shape index (κ1) is 15.7. The van der Waals surface area contributed by atoms with Gasteiger partial charge in [-0.25, -0.2) is 0 Å². The van der Waals surface area contributed by atoms with Gasteiger partial charge in [-0.2, -0.15) is 0 Å². The summed E-state index contributed by atoms with van der Waals surface area (Å²) in [6.07, 6.45) is 0. The number of hydrogen-bond donors (Lipinski definition) is 1. The first-order valence-electron chi connectivity index (χ1n) is 8.17. The minimum atomic E-state index is 0.418. The fraction of sp³-hybridized carbons (Fsp3) is 0.400. The van der Waals surface area contributed by atoms with Gasteiger partial charge in [0.25, 0.3) is 0 Å². The van der Waals surface area contributed by atoms with Crippen molar-refractivity contribution in [3.05, 3.63) is 35.4 Å². The van der Waals surface area contributed by atoms with Gasteiger partial charge in [-0.1, -0.05) is 27.7 Å². The Hall–Kier alpha value is -2.16. The molecule has 3 heteroatoms. The summed E-state index contributed by atoms with van der Waals surface area (Å²) in [7, 11) is 3.47. The van der Waals surface area contributed by atoms with Crippen LogP contribution in [0.5, 0.6) is 11.5 Å². The molecule has 0 fully saturated rings. The van der Waals surface area contributed by atoms with E-state index in [9.17, 15) is 0 Å². The van der Waals surface area contributed by atoms with E-state index >= 15 is 0 Å². The second-order valence-corrected chi connectivity index (χ2v) is 6.71. The van der Waals surface area contributed by atoms with E-state index in [0.29, 0.717) is 11.8 Å². The van der Waals surface area contributed by atoms with Crippen LogP contribution in [0.15, 0.2) is 24.3 Å². The van der Waals surface area contributed by atoms with E-state index in [4.69, 9.17) is 9.47 Å². The predicted octanol–water partition coefficient (Wildman–Crippen LogP) is 5.59. The molecule has 0 atom stereocenters. The zero-order chi connectivity index (χ0) is 16.7. The average molecular weight is 311 g/mol. The summed E-state index contributed by atoms with van der Waals surface area (Å²) in [5.41, 5.74) is 4.74. The first-order chi connectivity index (χ1) is 11.0. The zero-order valence-electron chi connectivity index (χ0n) is 14.8. The van der Waals surface area contributed by atoms with Gasteiger partial charge < -0.3 is 14.5 Å². The number of aromatic amines is 1. The molecule has 0 saturated heterocycles. The molecule has 0 aliphatic carbocycles. The third kappa shape index (κ3) is 2.54. The van der Waals surface area contributed by atoms with E-state index in [1.54, 1.807) is 14.2 Å². The summed E-state index contributed by atoms with van der Waals surface area (Å²) < 4.78 is 11.2. The van der Waals surface area contributed by atoms with Crippen molar-refractivity contribution in [1.82, 2.24) is 4.98 Å². The number of nitrogens with one attached hydrogen (secondary N) is 1. The van der Waals surface area contributed by atoms with Crippen LogP contribution < -0.4 is 9.47 Å². The van der Waals surface area contributed by atoms with Crippen LogP contribution >= 0.6 is 0 Å². The van der Waals surface area contributed by atoms with Crippen molar-refractivity contribution in [3.63, 3.8) is 0 Å². The van der Waals surface area contributed by atoms with Crippen LogP contribution in [0.1, 0.15) is 50.7 Å². The second-order valence-electron chi connectivity index (χ2n) is 6.71. The number of hydrogen-bond acceptors (Lipinski definition) is 2. The van der Waals surface area contributed by atoms with Crippen LogP contribution in [0.25, 0.3) is 21.8 Å². The summed E-state index contributed by atoms with van der Waals surface area (Å²) >= 11 is 0. The van der Waals surface area contributed by atoms with E-state index in [1.807, 2.05) is 0 Å². The maximum atomic E-state index is 5.61. The topological polar surface area (TPSA) is 34.2 Å². The van der Waals surface area contributed by atoms with Crippen LogP contribution in [-0.4, -0.2) is 19.2 Å². The summed E-state index contributed by atoms with van der Waals surface area (Å²) in [5, 5.41) is 2.35. The minimum Gasteiger partial charge on any atom is -0.496 e. The van der Waals surface area contributed by atoms with Crippen molar-refractivity contribution in [3.8, 4) is 11.5 Å². The normalized spacial score (nSPS) is 11.8. The van der Waals surface area contributed by atoms with Gasteiger partial charge in [0.05, 0.1) is 14.2 Å². The molecule has 0 aliphatic heterocycles. The van der Waals surface area contributed by atoms with Gasteiger partial charge in [0.2, 0.25) is 0 Å². The minimum absolute atomic E-state index is 0.418. The number of ether oxygens (including phenoxy) is 2. The highest BCUT2D eigenvalue weighted by atomic mass is 16.5. The lowest BCUT2D eigenvalue weighted by atomic mass is 9.98. The van der Waals surface area contributed by atoms with Gasteiger partial charge in [0.1, 0.15) is 11.5 Å². The van der Waals surface area contributed by atoms with Gasteiger partial charge in [-0.05, 0) is 47.2 Å². The Kier molecular flexibility index (Phi) is 3.97. The molecule has 3 nitrogen and oxygen atoms in total. The third-order valence-electron chi connectivity index (χ3n) is 4.54. The Morgan fingerprint density at radius 2 is 1.09 bits per heavy atom. The lowest BCUT2D eigenvalue weighted by Gasteiger charge is -2.12. The van der Waals surface area contributed by atoms with Crippen LogP contribution in [0.3, 0.4) is 0 Å². The summed E-state index contributed by atoms with van der Waals surface area (Å²) in [4.78, 5) is 3.56. The monoisotopic (exact) mass is 311 g/mol. The fourth-order valence-electron chi connectivity index (χ4n) is 3.25. The maximum absolute atomic E-state index is 5.61. The Balaban J connectivity index is 2.35. The number of H-pyrrole nitrogens is 1. The largest absolute Gasteiger partial charge is 0.496 e. The van der Waals surface area contributed by atoms with E-state index < -0.39 is 0 Å². The van der Waals surface area contributed by atoms with Crippen molar-refractivity contribution in [2.24, 2.45) is 0 Å². The molecule has 0 saturated carbocycles.